The number of hydrogen-bond donors (Lipinski definition) is 1. The van der Waals surface area contributed by atoms with Crippen LogP contribution < -0.4 is 5.32 Å². The zero-order chi connectivity index (χ0) is 8.81. The van der Waals surface area contributed by atoms with Gasteiger partial charge in [0.1, 0.15) is 6.33 Å². The predicted molar refractivity (Wildman–Crippen MR) is 55.9 cm³/mol. The minimum atomic E-state index is 0.684. The Kier molecular flexibility index (Phi) is 4.39. The molecule has 1 atom stereocenters. The molecule has 1 aromatic heterocycles. The van der Waals surface area contributed by atoms with Crippen molar-refractivity contribution in [3.8, 4) is 0 Å². The minimum absolute atomic E-state index is 0.684. The normalized spacial score (nSPS) is 12.8. The molecule has 0 fully saturated rings. The summed E-state index contributed by atoms with van der Waals surface area (Å²) in [5.74, 6) is 1.87. The fourth-order valence-corrected chi connectivity index (χ4v) is 1.98. The Hall–Kier alpha value is -0.290. The average molecular weight is 203 g/mol. The van der Waals surface area contributed by atoms with Gasteiger partial charge in [-0.05, 0) is 17.9 Å². The van der Waals surface area contributed by atoms with E-state index in [0.717, 1.165) is 11.7 Å². The fourth-order valence-electron chi connectivity index (χ4n) is 0.856. The maximum atomic E-state index is 4.04. The molecule has 0 spiro atoms. The van der Waals surface area contributed by atoms with E-state index in [1.807, 2.05) is 11.8 Å². The maximum absolute atomic E-state index is 4.04. The second kappa shape index (κ2) is 5.37. The number of nitrogens with zero attached hydrogens (tertiary/aromatic N) is 2. The van der Waals surface area contributed by atoms with Gasteiger partial charge in [0.25, 0.3) is 0 Å². The van der Waals surface area contributed by atoms with E-state index in [1.54, 1.807) is 6.33 Å². The highest BCUT2D eigenvalue weighted by molar-refractivity contribution is 7.98. The lowest BCUT2D eigenvalue weighted by Crippen LogP contribution is -2.12. The van der Waals surface area contributed by atoms with Crippen molar-refractivity contribution in [3.63, 3.8) is 0 Å². The van der Waals surface area contributed by atoms with E-state index in [1.165, 1.54) is 17.3 Å². The van der Waals surface area contributed by atoms with Crippen molar-refractivity contribution in [3.05, 3.63) is 6.33 Å². The molecule has 1 aromatic rings. The molecule has 68 valence electrons. The van der Waals surface area contributed by atoms with E-state index in [4.69, 9.17) is 0 Å². The van der Waals surface area contributed by atoms with Gasteiger partial charge in [-0.1, -0.05) is 6.92 Å². The van der Waals surface area contributed by atoms with Gasteiger partial charge in [0.05, 0.1) is 0 Å². The molecular formula is C7H13N3S2. The van der Waals surface area contributed by atoms with Crippen molar-refractivity contribution in [2.75, 3.05) is 23.9 Å². The molecule has 0 bridgehead atoms. The van der Waals surface area contributed by atoms with Crippen molar-refractivity contribution < 1.29 is 0 Å². The first-order chi connectivity index (χ1) is 5.83. The summed E-state index contributed by atoms with van der Waals surface area (Å²) in [5.41, 5.74) is 0. The Bertz CT molecular complexity index is 200. The van der Waals surface area contributed by atoms with Crippen molar-refractivity contribution >= 4 is 28.4 Å². The van der Waals surface area contributed by atoms with Crippen molar-refractivity contribution in [1.29, 1.82) is 0 Å². The summed E-state index contributed by atoms with van der Waals surface area (Å²) in [6, 6.07) is 0. The monoisotopic (exact) mass is 203 g/mol. The van der Waals surface area contributed by atoms with Gasteiger partial charge in [0.15, 0.2) is 0 Å². The van der Waals surface area contributed by atoms with Crippen LogP contribution in [0.25, 0.3) is 0 Å². The predicted octanol–water partition coefficient (Wildman–Crippen LogP) is 1.95. The highest BCUT2D eigenvalue weighted by Crippen LogP contribution is 2.09. The molecule has 1 unspecified atom stereocenters. The Morgan fingerprint density at radius 1 is 1.75 bits per heavy atom. The molecule has 1 heterocycles. The number of anilines is 1. The molecular weight excluding hydrogens is 190 g/mol. The van der Waals surface area contributed by atoms with Crippen LogP contribution in [0.1, 0.15) is 6.92 Å². The van der Waals surface area contributed by atoms with E-state index in [0.29, 0.717) is 5.92 Å². The molecule has 1 rings (SSSR count). The van der Waals surface area contributed by atoms with Crippen molar-refractivity contribution in [2.24, 2.45) is 5.92 Å². The summed E-state index contributed by atoms with van der Waals surface area (Å²) in [6.07, 6.45) is 3.70. The number of hydrogen-bond acceptors (Lipinski definition) is 5. The quantitative estimate of drug-likeness (QED) is 0.793. The highest BCUT2D eigenvalue weighted by atomic mass is 32.2. The molecule has 0 radical (unpaired) electrons. The van der Waals surface area contributed by atoms with Gasteiger partial charge < -0.3 is 5.32 Å². The summed E-state index contributed by atoms with van der Waals surface area (Å²) in [5, 5.41) is 4.16. The van der Waals surface area contributed by atoms with Gasteiger partial charge in [0.2, 0.25) is 5.13 Å². The minimum Gasteiger partial charge on any atom is -0.360 e. The van der Waals surface area contributed by atoms with Gasteiger partial charge in [-0.25, -0.2) is 4.98 Å². The van der Waals surface area contributed by atoms with Gasteiger partial charge >= 0.3 is 0 Å². The fraction of sp³-hybridized carbons (Fsp3) is 0.714. The van der Waals surface area contributed by atoms with Gasteiger partial charge in [-0.3, -0.25) is 0 Å². The first-order valence-electron chi connectivity index (χ1n) is 3.82. The molecule has 0 saturated carbocycles. The number of aromatic nitrogens is 2. The molecule has 0 amide bonds. The van der Waals surface area contributed by atoms with Crippen LogP contribution in [0, 0.1) is 5.92 Å². The number of thioether (sulfide) groups is 1. The SMILES string of the molecule is CSCC(C)CNc1ncns1. The van der Waals surface area contributed by atoms with Crippen molar-refractivity contribution in [2.45, 2.75) is 6.92 Å². The lowest BCUT2D eigenvalue weighted by molar-refractivity contribution is 0.701. The molecule has 0 aliphatic heterocycles. The van der Waals surface area contributed by atoms with Crippen LogP contribution in [0.3, 0.4) is 0 Å². The zero-order valence-corrected chi connectivity index (χ0v) is 8.91. The molecule has 5 heteroatoms. The Labute approximate surface area is 81.1 Å². The number of rotatable bonds is 5. The van der Waals surface area contributed by atoms with Crippen LogP contribution in [0.4, 0.5) is 5.13 Å². The molecule has 0 aliphatic carbocycles. The Balaban J connectivity index is 2.17. The lowest BCUT2D eigenvalue weighted by Gasteiger charge is -2.08. The summed E-state index contributed by atoms with van der Waals surface area (Å²) in [6.45, 7) is 3.21. The third-order valence-corrected chi connectivity index (χ3v) is 2.94. The second-order valence-electron chi connectivity index (χ2n) is 2.69. The molecule has 12 heavy (non-hydrogen) atoms. The molecule has 0 aliphatic rings. The summed E-state index contributed by atoms with van der Waals surface area (Å²) < 4.78 is 3.91. The third kappa shape index (κ3) is 3.40. The number of nitrogens with one attached hydrogen (secondary N) is 1. The Morgan fingerprint density at radius 2 is 2.58 bits per heavy atom. The summed E-state index contributed by atoms with van der Waals surface area (Å²) in [7, 11) is 0. The van der Waals surface area contributed by atoms with E-state index in [9.17, 15) is 0 Å². The van der Waals surface area contributed by atoms with E-state index in [2.05, 4.69) is 27.9 Å². The smallest absolute Gasteiger partial charge is 0.202 e. The molecule has 3 nitrogen and oxygen atoms in total. The zero-order valence-electron chi connectivity index (χ0n) is 7.28. The summed E-state index contributed by atoms with van der Waals surface area (Å²) in [4.78, 5) is 4.04. The van der Waals surface area contributed by atoms with Crippen LogP contribution >= 0.6 is 23.3 Å². The van der Waals surface area contributed by atoms with Crippen LogP contribution in [-0.4, -0.2) is 27.9 Å². The van der Waals surface area contributed by atoms with Crippen LogP contribution in [0.2, 0.25) is 0 Å². The maximum Gasteiger partial charge on any atom is 0.202 e. The van der Waals surface area contributed by atoms with Crippen molar-refractivity contribution in [1.82, 2.24) is 9.36 Å². The topological polar surface area (TPSA) is 37.8 Å². The van der Waals surface area contributed by atoms with Gasteiger partial charge in [-0.2, -0.15) is 16.1 Å². The standard InChI is InChI=1S/C7H13N3S2/c1-6(4-11-2)3-8-7-9-5-10-12-7/h5-6H,3-4H2,1-2H3,(H,8,9,10). The van der Waals surface area contributed by atoms with E-state index in [-0.39, 0.29) is 0 Å². The van der Waals surface area contributed by atoms with Crippen LogP contribution in [-0.2, 0) is 0 Å². The van der Waals surface area contributed by atoms with Gasteiger partial charge in [0, 0.05) is 18.1 Å². The van der Waals surface area contributed by atoms with E-state index >= 15 is 0 Å². The van der Waals surface area contributed by atoms with Crippen LogP contribution in [0.5, 0.6) is 0 Å². The lowest BCUT2D eigenvalue weighted by atomic mass is 10.2. The van der Waals surface area contributed by atoms with Gasteiger partial charge in [-0.15, -0.1) is 0 Å². The summed E-state index contributed by atoms with van der Waals surface area (Å²) >= 11 is 3.28. The first kappa shape index (κ1) is 9.80. The average Bonchev–Trinajstić information content (AvgIpc) is 2.53. The molecule has 0 saturated heterocycles. The largest absolute Gasteiger partial charge is 0.360 e. The molecule has 0 aromatic carbocycles. The first-order valence-corrected chi connectivity index (χ1v) is 5.99. The molecule has 1 N–H and O–H groups in total. The van der Waals surface area contributed by atoms with Crippen LogP contribution in [0.15, 0.2) is 6.33 Å². The van der Waals surface area contributed by atoms with E-state index < -0.39 is 0 Å². The third-order valence-electron chi connectivity index (χ3n) is 1.41. The Morgan fingerprint density at radius 3 is 3.17 bits per heavy atom. The highest BCUT2D eigenvalue weighted by Gasteiger charge is 2.01. The second-order valence-corrected chi connectivity index (χ2v) is 4.38.